The molecule has 0 aliphatic carbocycles. The lowest BCUT2D eigenvalue weighted by Gasteiger charge is -2.61. The van der Waals surface area contributed by atoms with E-state index in [9.17, 15) is 24.0 Å². The van der Waals surface area contributed by atoms with E-state index in [1.165, 1.54) is 23.6 Å². The molecule has 0 radical (unpaired) electrons. The lowest BCUT2D eigenvalue weighted by Crippen LogP contribution is -2.72. The van der Waals surface area contributed by atoms with Gasteiger partial charge in [-0.05, 0) is 85.7 Å². The van der Waals surface area contributed by atoms with Crippen molar-refractivity contribution < 1.29 is 24.0 Å². The van der Waals surface area contributed by atoms with Crippen LogP contribution in [0, 0.1) is 12.3 Å². The minimum absolute atomic E-state index is 0.0567. The Balaban J connectivity index is 0.968. The monoisotopic (exact) mass is 781 g/mol. The van der Waals surface area contributed by atoms with Crippen LogP contribution in [0.15, 0.2) is 59.6 Å². The number of aldehydes is 2. The van der Waals surface area contributed by atoms with Gasteiger partial charge < -0.3 is 25.2 Å². The molecule has 3 saturated heterocycles. The number of piperidine rings is 1. The molecule has 1 atom stereocenters. The Morgan fingerprint density at radius 3 is 2.50 bits per heavy atom. The zero-order chi connectivity index (χ0) is 39.8. The number of rotatable bonds is 17. The van der Waals surface area contributed by atoms with Gasteiger partial charge in [0.2, 0.25) is 18.3 Å². The molecule has 1 unspecified atom stereocenters. The molecule has 1 aromatic heterocycles. The zero-order valence-electron chi connectivity index (χ0n) is 32.5. The van der Waals surface area contributed by atoms with Crippen LogP contribution in [0.3, 0.4) is 0 Å². The van der Waals surface area contributed by atoms with E-state index < -0.39 is 17.9 Å². The number of aromatic nitrogens is 2. The number of anilines is 3. The Hall–Kier alpha value is -5.12. The molecule has 296 valence electrons. The number of hydrogen-bond donors (Lipinski definition) is 2. The van der Waals surface area contributed by atoms with Crippen LogP contribution in [-0.2, 0) is 25.7 Å². The minimum atomic E-state index is -1.06. The van der Waals surface area contributed by atoms with Crippen molar-refractivity contribution in [3.63, 3.8) is 0 Å². The number of likely N-dealkylation sites (tertiary alicyclic amines) is 1. The lowest BCUT2D eigenvalue weighted by atomic mass is 9.72. The summed E-state index contributed by atoms with van der Waals surface area (Å²) in [7, 11) is 5.29. The van der Waals surface area contributed by atoms with E-state index in [0.29, 0.717) is 29.8 Å². The summed E-state index contributed by atoms with van der Waals surface area (Å²) >= 11 is 1.81. The first-order chi connectivity index (χ1) is 27.0. The van der Waals surface area contributed by atoms with Gasteiger partial charge in [0.25, 0.3) is 5.91 Å². The third-order valence-electron chi connectivity index (χ3n) is 10.7. The van der Waals surface area contributed by atoms with Crippen LogP contribution >= 0.6 is 11.9 Å². The number of nitrogens with one attached hydrogen (secondary N) is 2. The highest BCUT2D eigenvalue weighted by molar-refractivity contribution is 7.97. The molecular weight excluding hydrogens is 731 g/mol. The van der Waals surface area contributed by atoms with E-state index in [-0.39, 0.29) is 24.3 Å². The topological polar surface area (TPSA) is 151 Å². The number of carbonyl (C=O) groups excluding carboxylic acids is 5. The predicted octanol–water partition coefficient (Wildman–Crippen LogP) is 3.66. The Morgan fingerprint density at radius 1 is 1.05 bits per heavy atom. The molecule has 3 fully saturated rings. The molecule has 0 bridgehead atoms. The summed E-state index contributed by atoms with van der Waals surface area (Å²) in [5.41, 5.74) is 4.29. The number of benzene rings is 2. The third kappa shape index (κ3) is 9.45. The van der Waals surface area contributed by atoms with Gasteiger partial charge in [0.15, 0.2) is 0 Å². The minimum Gasteiger partial charge on any atom is -0.370 e. The van der Waals surface area contributed by atoms with E-state index in [0.717, 1.165) is 86.9 Å². The van der Waals surface area contributed by atoms with Gasteiger partial charge in [0.05, 0.1) is 0 Å². The summed E-state index contributed by atoms with van der Waals surface area (Å²) in [5, 5.41) is 6.01. The van der Waals surface area contributed by atoms with Crippen LogP contribution in [0.5, 0.6) is 0 Å². The Bertz CT molecular complexity index is 1940. The summed E-state index contributed by atoms with van der Waals surface area (Å²) in [4.78, 5) is 77.9. The number of imide groups is 1. The zero-order valence-corrected chi connectivity index (χ0v) is 33.3. The number of allylic oxidation sites excluding steroid dienone is 1. The molecule has 3 aliphatic rings. The van der Waals surface area contributed by atoms with Crippen LogP contribution < -0.4 is 20.4 Å². The van der Waals surface area contributed by atoms with Crippen molar-refractivity contribution in [2.75, 3.05) is 75.5 Å². The largest absolute Gasteiger partial charge is 0.370 e. The molecule has 2 aromatic carbocycles. The van der Waals surface area contributed by atoms with Gasteiger partial charge >= 0.3 is 0 Å². The molecule has 56 heavy (non-hydrogen) atoms. The molecule has 2 N–H and O–H groups in total. The standard InChI is InChI=1S/C41H51N9O5S/c1-29-12-13-33(21-35(29)39(55)50(28-53)36(11-7-19-52)38(54)42-2)48-26-41(27-48)24-47(25-41)23-30-8-5-10-34(20-30)56-49-16-14-32(15-17-49)44-40-43-22-31(9-6-18-51)37(45-40)46(3)4/h5-6,8-10,12-13,18-22,28,32,36H,7,11,14-17,23-27H2,1-4H3,(H,42,54)(H,43,44,45)/b9-6-. The van der Waals surface area contributed by atoms with Crippen molar-refractivity contribution in [2.45, 2.75) is 56.1 Å². The fraction of sp³-hybridized carbons (Fsp3) is 0.439. The highest BCUT2D eigenvalue weighted by Crippen LogP contribution is 2.43. The number of amides is 3. The van der Waals surface area contributed by atoms with E-state index in [2.05, 4.69) is 54.0 Å². The fourth-order valence-electron chi connectivity index (χ4n) is 7.84. The second kappa shape index (κ2) is 18.2. The lowest BCUT2D eigenvalue weighted by molar-refractivity contribution is -0.131. The molecule has 3 aromatic rings. The molecule has 3 amide bonds. The van der Waals surface area contributed by atoms with Crippen molar-refractivity contribution in [2.24, 2.45) is 5.41 Å². The number of likely N-dealkylation sites (N-methyl/N-ethyl adjacent to an activating group) is 1. The normalized spacial score (nSPS) is 17.5. The highest BCUT2D eigenvalue weighted by atomic mass is 32.2. The maximum Gasteiger partial charge on any atom is 0.261 e. The van der Waals surface area contributed by atoms with E-state index in [1.54, 1.807) is 12.3 Å². The summed E-state index contributed by atoms with van der Waals surface area (Å²) in [5.74, 6) is 0.315. The van der Waals surface area contributed by atoms with Gasteiger partial charge in [-0.1, -0.05) is 18.2 Å². The van der Waals surface area contributed by atoms with E-state index in [4.69, 9.17) is 4.98 Å². The third-order valence-corrected chi connectivity index (χ3v) is 11.8. The first-order valence-electron chi connectivity index (χ1n) is 19.0. The van der Waals surface area contributed by atoms with Gasteiger partial charge in [-0.3, -0.25) is 29.0 Å². The van der Waals surface area contributed by atoms with Crippen molar-refractivity contribution in [3.8, 4) is 0 Å². The van der Waals surface area contributed by atoms with Gasteiger partial charge in [0.1, 0.15) is 24.4 Å². The smallest absolute Gasteiger partial charge is 0.261 e. The maximum atomic E-state index is 13.6. The van der Waals surface area contributed by atoms with Gasteiger partial charge in [-0.2, -0.15) is 4.98 Å². The van der Waals surface area contributed by atoms with Crippen molar-refractivity contribution in [3.05, 3.63) is 77.0 Å². The van der Waals surface area contributed by atoms with E-state index >= 15 is 0 Å². The SMILES string of the molecule is CNC(=O)C(CCC=O)N(C=O)C(=O)c1cc(N2CC3(CN(Cc4cccc(SN5CCC(Nc6ncc(/C=C\C=O)c(N(C)C)n6)CC5)c4)C3)C2)ccc1C. The molecule has 1 spiro atoms. The predicted molar refractivity (Wildman–Crippen MR) is 218 cm³/mol. The summed E-state index contributed by atoms with van der Waals surface area (Å²) < 4.78 is 2.42. The van der Waals surface area contributed by atoms with E-state index in [1.807, 2.05) is 56.1 Å². The average molecular weight is 782 g/mol. The quantitative estimate of drug-likeness (QED) is 0.117. The Kier molecular flexibility index (Phi) is 13.2. The highest BCUT2D eigenvalue weighted by Gasteiger charge is 2.51. The number of carbonyl (C=O) groups is 5. The number of nitrogens with zero attached hydrogens (tertiary/aromatic N) is 7. The summed E-state index contributed by atoms with van der Waals surface area (Å²) in [6, 6.07) is 13.7. The van der Waals surface area contributed by atoms with Crippen molar-refractivity contribution >= 4 is 66.3 Å². The first-order valence-corrected chi connectivity index (χ1v) is 19.8. The van der Waals surface area contributed by atoms with Crippen molar-refractivity contribution in [1.82, 2.24) is 29.4 Å². The van der Waals surface area contributed by atoms with Crippen LogP contribution in [0.1, 0.15) is 52.7 Å². The molecule has 14 nitrogen and oxygen atoms in total. The first kappa shape index (κ1) is 40.5. The second-order valence-corrected chi connectivity index (χ2v) is 16.3. The van der Waals surface area contributed by atoms with Gasteiger partial charge in [-0.25, -0.2) is 9.29 Å². The molecule has 6 rings (SSSR count). The molecular formula is C41H51N9O5S. The molecule has 4 heterocycles. The maximum absolute atomic E-state index is 13.6. The Morgan fingerprint density at radius 2 is 1.82 bits per heavy atom. The number of hydrogen-bond acceptors (Lipinski definition) is 13. The van der Waals surface area contributed by atoms with Crippen LogP contribution in [0.4, 0.5) is 17.5 Å². The number of aryl methyl sites for hydroxylation is 1. The van der Waals surface area contributed by atoms with Gasteiger partial charge in [-0.15, -0.1) is 0 Å². The van der Waals surface area contributed by atoms with Crippen LogP contribution in [0.2, 0.25) is 0 Å². The summed E-state index contributed by atoms with van der Waals surface area (Å²) in [6.07, 6.45) is 8.79. The summed E-state index contributed by atoms with van der Waals surface area (Å²) in [6.45, 7) is 8.36. The van der Waals surface area contributed by atoms with Crippen LogP contribution in [0.25, 0.3) is 6.08 Å². The second-order valence-electron chi connectivity index (χ2n) is 15.1. The van der Waals surface area contributed by atoms with Crippen molar-refractivity contribution in [1.29, 1.82) is 0 Å². The molecule has 15 heteroatoms. The Labute approximate surface area is 332 Å². The fourth-order valence-corrected chi connectivity index (χ4v) is 8.88. The average Bonchev–Trinajstić information content (AvgIpc) is 3.17. The molecule has 3 aliphatic heterocycles. The molecule has 0 saturated carbocycles. The van der Waals surface area contributed by atoms with Crippen LogP contribution in [-0.4, -0.2) is 127 Å². The van der Waals surface area contributed by atoms with Gasteiger partial charge in [0, 0.05) is 113 Å².